The minimum atomic E-state index is -3.75. The number of hydrogen-bond acceptors (Lipinski definition) is 6. The first-order chi connectivity index (χ1) is 11.3. The van der Waals surface area contributed by atoms with Crippen molar-refractivity contribution >= 4 is 44.7 Å². The van der Waals surface area contributed by atoms with Crippen LogP contribution in [0, 0.1) is 10.1 Å². The van der Waals surface area contributed by atoms with Gasteiger partial charge in [0.05, 0.1) is 9.82 Å². The highest BCUT2D eigenvalue weighted by Gasteiger charge is 2.15. The van der Waals surface area contributed by atoms with Gasteiger partial charge >= 0.3 is 0 Å². The van der Waals surface area contributed by atoms with E-state index in [2.05, 4.69) is 15.0 Å². The third kappa shape index (κ3) is 5.03. The molecule has 0 radical (unpaired) electrons. The summed E-state index contributed by atoms with van der Waals surface area (Å²) in [5, 5.41) is 13.8. The largest absolute Gasteiger partial charge is 0.369 e. The Morgan fingerprint density at radius 1 is 1.12 bits per heavy atom. The minimum absolute atomic E-state index is 0.0338. The molecule has 24 heavy (non-hydrogen) atoms. The molecule has 0 bridgehead atoms. The first-order valence-corrected chi connectivity index (χ1v) is 8.82. The first kappa shape index (κ1) is 18.4. The van der Waals surface area contributed by atoms with E-state index in [-0.39, 0.29) is 33.7 Å². The number of rotatable bonds is 7. The van der Waals surface area contributed by atoms with Crippen molar-refractivity contribution < 1.29 is 13.3 Å². The van der Waals surface area contributed by atoms with Gasteiger partial charge in [-0.15, -0.1) is 0 Å². The van der Waals surface area contributed by atoms with Crippen molar-refractivity contribution in [3.63, 3.8) is 0 Å². The van der Waals surface area contributed by atoms with Gasteiger partial charge in [0.2, 0.25) is 10.0 Å². The lowest BCUT2D eigenvalue weighted by Crippen LogP contribution is -2.29. The molecule has 0 aliphatic heterocycles. The lowest BCUT2D eigenvalue weighted by molar-refractivity contribution is -0.385. The Bertz CT molecular complexity index is 823. The summed E-state index contributed by atoms with van der Waals surface area (Å²) in [5.41, 5.74) is -0.126. The fourth-order valence-corrected chi connectivity index (χ4v) is 3.50. The predicted octanol–water partition coefficient (Wildman–Crippen LogP) is 2.69. The zero-order chi connectivity index (χ0) is 17.7. The number of anilines is 1. The van der Waals surface area contributed by atoms with Crippen LogP contribution in [0.25, 0.3) is 0 Å². The molecular weight excluding hydrogens is 379 g/mol. The van der Waals surface area contributed by atoms with E-state index >= 15 is 0 Å². The SMILES string of the molecule is O=[N+]([O-])c1ccc(NCCNS(=O)(=O)c2cc(Cl)cc(Cl)c2)nc1. The lowest BCUT2D eigenvalue weighted by Gasteiger charge is -2.09. The summed E-state index contributed by atoms with van der Waals surface area (Å²) in [4.78, 5) is 13.8. The van der Waals surface area contributed by atoms with Crippen molar-refractivity contribution in [1.29, 1.82) is 0 Å². The van der Waals surface area contributed by atoms with Crippen LogP contribution in [0.2, 0.25) is 10.0 Å². The standard InChI is InChI=1S/C13H12Cl2N4O4S/c14-9-5-10(15)7-12(6-9)24(22,23)18-4-3-16-13-2-1-11(8-17-13)19(20)21/h1-2,5-8,18H,3-4H2,(H,16,17). The predicted molar refractivity (Wildman–Crippen MR) is 91.0 cm³/mol. The molecule has 0 fully saturated rings. The lowest BCUT2D eigenvalue weighted by atomic mass is 10.4. The highest BCUT2D eigenvalue weighted by Crippen LogP contribution is 2.22. The van der Waals surface area contributed by atoms with Crippen LogP contribution in [0.1, 0.15) is 0 Å². The van der Waals surface area contributed by atoms with Crippen LogP contribution < -0.4 is 10.0 Å². The summed E-state index contributed by atoms with van der Waals surface area (Å²) >= 11 is 11.6. The number of aromatic nitrogens is 1. The van der Waals surface area contributed by atoms with Crippen LogP contribution in [0.5, 0.6) is 0 Å². The zero-order valence-corrected chi connectivity index (χ0v) is 14.4. The molecule has 1 aromatic heterocycles. The molecule has 11 heteroatoms. The third-order valence-corrected chi connectivity index (χ3v) is 4.71. The van der Waals surface area contributed by atoms with Gasteiger partial charge < -0.3 is 5.32 Å². The first-order valence-electron chi connectivity index (χ1n) is 6.58. The fourth-order valence-electron chi connectivity index (χ4n) is 1.74. The number of nitrogens with one attached hydrogen (secondary N) is 2. The summed E-state index contributed by atoms with van der Waals surface area (Å²) in [7, 11) is -3.75. The Balaban J connectivity index is 1.90. The van der Waals surface area contributed by atoms with Crippen LogP contribution in [0.4, 0.5) is 11.5 Å². The normalized spacial score (nSPS) is 11.2. The second-order valence-electron chi connectivity index (χ2n) is 4.59. The molecule has 128 valence electrons. The fraction of sp³-hybridized carbons (Fsp3) is 0.154. The van der Waals surface area contributed by atoms with Crippen molar-refractivity contribution in [2.24, 2.45) is 0 Å². The Labute approximate surface area is 148 Å². The zero-order valence-electron chi connectivity index (χ0n) is 12.1. The second-order valence-corrected chi connectivity index (χ2v) is 7.23. The molecule has 0 aliphatic rings. The van der Waals surface area contributed by atoms with Crippen molar-refractivity contribution in [2.45, 2.75) is 4.90 Å². The molecule has 0 atom stereocenters. The molecule has 0 unspecified atom stereocenters. The van der Waals surface area contributed by atoms with Crippen LogP contribution in [0.3, 0.4) is 0 Å². The maximum Gasteiger partial charge on any atom is 0.287 e. The molecule has 2 rings (SSSR count). The molecule has 0 saturated carbocycles. The van der Waals surface area contributed by atoms with Crippen molar-refractivity contribution in [3.8, 4) is 0 Å². The Hall–Kier alpha value is -1.94. The van der Waals surface area contributed by atoms with Gasteiger partial charge in [0.25, 0.3) is 5.69 Å². The van der Waals surface area contributed by atoms with Gasteiger partial charge in [-0.05, 0) is 24.3 Å². The van der Waals surface area contributed by atoms with Crippen LogP contribution in [0.15, 0.2) is 41.4 Å². The molecule has 0 amide bonds. The average molecular weight is 391 g/mol. The summed E-state index contributed by atoms with van der Waals surface area (Å²) in [6, 6.07) is 6.75. The maximum absolute atomic E-state index is 12.1. The van der Waals surface area contributed by atoms with Crippen LogP contribution in [-0.2, 0) is 10.0 Å². The van der Waals surface area contributed by atoms with Gasteiger partial charge in [0.15, 0.2) is 0 Å². The Morgan fingerprint density at radius 3 is 2.33 bits per heavy atom. The molecular formula is C13H12Cl2N4O4S. The van der Waals surface area contributed by atoms with Crippen LogP contribution in [-0.4, -0.2) is 31.4 Å². The molecule has 0 aliphatic carbocycles. The van der Waals surface area contributed by atoms with Gasteiger partial charge in [-0.2, -0.15) is 0 Å². The highest BCUT2D eigenvalue weighted by atomic mass is 35.5. The number of benzene rings is 1. The topological polar surface area (TPSA) is 114 Å². The third-order valence-electron chi connectivity index (χ3n) is 2.83. The second kappa shape index (κ2) is 7.75. The van der Waals surface area contributed by atoms with Gasteiger partial charge in [-0.1, -0.05) is 23.2 Å². The molecule has 2 N–H and O–H groups in total. The Kier molecular flexibility index (Phi) is 5.94. The number of sulfonamides is 1. The average Bonchev–Trinajstić information content (AvgIpc) is 2.51. The van der Waals surface area contributed by atoms with Crippen molar-refractivity contribution in [2.75, 3.05) is 18.4 Å². The van der Waals surface area contributed by atoms with E-state index in [4.69, 9.17) is 23.2 Å². The van der Waals surface area contributed by atoms with Crippen molar-refractivity contribution in [3.05, 3.63) is 56.7 Å². The number of pyridine rings is 1. The van der Waals surface area contributed by atoms with Gasteiger partial charge in [0, 0.05) is 29.2 Å². The number of halogens is 2. The summed E-state index contributed by atoms with van der Waals surface area (Å²) in [6.07, 6.45) is 1.11. The van der Waals surface area contributed by atoms with E-state index in [9.17, 15) is 18.5 Å². The van der Waals surface area contributed by atoms with Crippen LogP contribution >= 0.6 is 23.2 Å². The quantitative estimate of drug-likeness (QED) is 0.426. The summed E-state index contributed by atoms with van der Waals surface area (Å²) in [6.45, 7) is 0.309. The maximum atomic E-state index is 12.1. The van der Waals surface area contributed by atoms with Gasteiger partial charge in [0.1, 0.15) is 12.0 Å². The molecule has 1 aromatic carbocycles. The highest BCUT2D eigenvalue weighted by molar-refractivity contribution is 7.89. The molecule has 0 spiro atoms. The van der Waals surface area contributed by atoms with E-state index in [1.54, 1.807) is 0 Å². The number of hydrogen-bond donors (Lipinski definition) is 2. The van der Waals surface area contributed by atoms with Crippen molar-refractivity contribution in [1.82, 2.24) is 9.71 Å². The Morgan fingerprint density at radius 2 is 1.79 bits per heavy atom. The molecule has 0 saturated heterocycles. The van der Waals surface area contributed by atoms with E-state index in [0.717, 1.165) is 6.20 Å². The van der Waals surface area contributed by atoms with E-state index in [1.807, 2.05) is 0 Å². The monoisotopic (exact) mass is 390 g/mol. The summed E-state index contributed by atoms with van der Waals surface area (Å²) < 4.78 is 26.6. The van der Waals surface area contributed by atoms with E-state index < -0.39 is 14.9 Å². The summed E-state index contributed by atoms with van der Waals surface area (Å²) in [5.74, 6) is 0.394. The molecule has 8 nitrogen and oxygen atoms in total. The van der Waals surface area contributed by atoms with E-state index in [0.29, 0.717) is 5.82 Å². The smallest absolute Gasteiger partial charge is 0.287 e. The van der Waals surface area contributed by atoms with E-state index in [1.165, 1.54) is 30.3 Å². The molecule has 2 aromatic rings. The molecule has 1 heterocycles. The minimum Gasteiger partial charge on any atom is -0.369 e. The number of nitrogens with zero attached hydrogens (tertiary/aromatic N) is 2. The van der Waals surface area contributed by atoms with Gasteiger partial charge in [-0.25, -0.2) is 18.1 Å². The van der Waals surface area contributed by atoms with Gasteiger partial charge in [-0.3, -0.25) is 10.1 Å². The number of nitro groups is 1.